The van der Waals surface area contributed by atoms with Crippen molar-refractivity contribution in [1.82, 2.24) is 0 Å². The van der Waals surface area contributed by atoms with Crippen LogP contribution in [0.4, 0.5) is 5.69 Å². The number of aldehydes is 1. The Morgan fingerprint density at radius 1 is 1.44 bits per heavy atom. The van der Waals surface area contributed by atoms with Gasteiger partial charge in [-0.15, -0.1) is 0 Å². The summed E-state index contributed by atoms with van der Waals surface area (Å²) >= 11 is 0. The predicted molar refractivity (Wildman–Crippen MR) is 70.7 cm³/mol. The van der Waals surface area contributed by atoms with Gasteiger partial charge in [0.05, 0.1) is 0 Å². The summed E-state index contributed by atoms with van der Waals surface area (Å²) in [5.74, 6) is -0.313. The molecule has 18 heavy (non-hydrogen) atoms. The smallest absolute Gasteiger partial charge is 0.240 e. The third-order valence-corrected chi connectivity index (χ3v) is 3.45. The zero-order valence-electron chi connectivity index (χ0n) is 10.6. The van der Waals surface area contributed by atoms with Crippen molar-refractivity contribution in [2.75, 3.05) is 11.4 Å². The molecule has 0 aromatic heterocycles. The zero-order valence-corrected chi connectivity index (χ0v) is 10.6. The van der Waals surface area contributed by atoms with E-state index >= 15 is 0 Å². The molecule has 0 bridgehead atoms. The van der Waals surface area contributed by atoms with Gasteiger partial charge in [0.15, 0.2) is 6.29 Å². The lowest BCUT2D eigenvalue weighted by molar-refractivity contribution is -0.119. The number of amides is 1. The van der Waals surface area contributed by atoms with E-state index in [-0.39, 0.29) is 11.9 Å². The largest absolute Gasteiger partial charge is 0.368 e. The summed E-state index contributed by atoms with van der Waals surface area (Å²) < 4.78 is 0. The van der Waals surface area contributed by atoms with Crippen molar-refractivity contribution in [3.8, 4) is 0 Å². The molecule has 1 saturated heterocycles. The summed E-state index contributed by atoms with van der Waals surface area (Å²) in [6.07, 6.45) is 3.64. The van der Waals surface area contributed by atoms with E-state index in [0.29, 0.717) is 5.56 Å². The highest BCUT2D eigenvalue weighted by molar-refractivity contribution is 5.89. The Morgan fingerprint density at radius 3 is 2.89 bits per heavy atom. The van der Waals surface area contributed by atoms with Crippen molar-refractivity contribution in [2.45, 2.75) is 32.2 Å². The number of anilines is 1. The maximum Gasteiger partial charge on any atom is 0.240 e. The number of nitrogens with two attached hydrogens (primary N) is 1. The molecule has 1 unspecified atom stereocenters. The van der Waals surface area contributed by atoms with Gasteiger partial charge in [0.25, 0.3) is 0 Å². The Morgan fingerprint density at radius 2 is 2.22 bits per heavy atom. The molecule has 1 amide bonds. The lowest BCUT2D eigenvalue weighted by Gasteiger charge is -2.36. The van der Waals surface area contributed by atoms with Crippen LogP contribution in [0.25, 0.3) is 0 Å². The molecule has 2 rings (SSSR count). The monoisotopic (exact) mass is 246 g/mol. The van der Waals surface area contributed by atoms with Crippen molar-refractivity contribution < 1.29 is 9.59 Å². The molecule has 1 aromatic carbocycles. The molecule has 1 heterocycles. The van der Waals surface area contributed by atoms with Crippen molar-refractivity contribution >= 4 is 17.9 Å². The fourth-order valence-electron chi connectivity index (χ4n) is 2.55. The lowest BCUT2D eigenvalue weighted by atomic mass is 9.99. The molecule has 96 valence electrons. The summed E-state index contributed by atoms with van der Waals surface area (Å²) in [4.78, 5) is 24.6. The van der Waals surface area contributed by atoms with Gasteiger partial charge in [-0.05, 0) is 38.3 Å². The maximum absolute atomic E-state index is 11.5. The minimum atomic E-state index is -0.313. The molecule has 0 aliphatic carbocycles. The van der Waals surface area contributed by atoms with Gasteiger partial charge in [-0.2, -0.15) is 0 Å². The van der Waals surface area contributed by atoms with Gasteiger partial charge < -0.3 is 10.6 Å². The summed E-state index contributed by atoms with van der Waals surface area (Å²) in [6, 6.07) is 5.41. The highest BCUT2D eigenvalue weighted by Gasteiger charge is 2.28. The van der Waals surface area contributed by atoms with Gasteiger partial charge in [-0.3, -0.25) is 9.59 Å². The van der Waals surface area contributed by atoms with E-state index in [9.17, 15) is 9.59 Å². The first kappa shape index (κ1) is 12.6. The van der Waals surface area contributed by atoms with Gasteiger partial charge >= 0.3 is 0 Å². The van der Waals surface area contributed by atoms with Crippen LogP contribution in [0.5, 0.6) is 0 Å². The second kappa shape index (κ2) is 5.21. The number of aryl methyl sites for hydroxylation is 1. The number of hydrogen-bond acceptors (Lipinski definition) is 3. The topological polar surface area (TPSA) is 63.4 Å². The number of carbonyl (C=O) groups excluding carboxylic acids is 2. The molecular formula is C14H18N2O2. The van der Waals surface area contributed by atoms with E-state index in [4.69, 9.17) is 5.73 Å². The van der Waals surface area contributed by atoms with Crippen LogP contribution < -0.4 is 10.6 Å². The van der Waals surface area contributed by atoms with Crippen molar-refractivity contribution in [3.63, 3.8) is 0 Å². The number of benzene rings is 1. The molecule has 0 saturated carbocycles. The molecule has 0 spiro atoms. The molecular weight excluding hydrogens is 228 g/mol. The number of primary amides is 1. The molecule has 0 radical (unpaired) electrons. The minimum absolute atomic E-state index is 0.292. The van der Waals surface area contributed by atoms with E-state index in [1.807, 2.05) is 30.0 Å². The van der Waals surface area contributed by atoms with Crippen molar-refractivity contribution in [1.29, 1.82) is 0 Å². The number of rotatable bonds is 3. The van der Waals surface area contributed by atoms with Crippen LogP contribution in [0.15, 0.2) is 18.2 Å². The first-order valence-electron chi connectivity index (χ1n) is 6.25. The first-order valence-corrected chi connectivity index (χ1v) is 6.25. The van der Waals surface area contributed by atoms with Crippen LogP contribution in [0, 0.1) is 6.92 Å². The summed E-state index contributed by atoms with van der Waals surface area (Å²) in [5, 5.41) is 0. The Labute approximate surface area is 107 Å². The Kier molecular flexibility index (Phi) is 3.65. The molecule has 1 aliphatic rings. The number of nitrogens with zero attached hydrogens (tertiary/aromatic N) is 1. The number of piperidine rings is 1. The Hall–Kier alpha value is -1.84. The molecule has 2 N–H and O–H groups in total. The molecule has 1 aromatic rings. The van der Waals surface area contributed by atoms with E-state index < -0.39 is 0 Å². The third-order valence-electron chi connectivity index (χ3n) is 3.45. The normalized spacial score (nSPS) is 19.6. The Bertz CT molecular complexity index is 471. The van der Waals surface area contributed by atoms with Crippen molar-refractivity contribution in [2.24, 2.45) is 5.73 Å². The van der Waals surface area contributed by atoms with Crippen LogP contribution >= 0.6 is 0 Å². The van der Waals surface area contributed by atoms with Crippen molar-refractivity contribution in [3.05, 3.63) is 29.3 Å². The highest BCUT2D eigenvalue weighted by atomic mass is 16.1. The third kappa shape index (κ3) is 2.37. The Balaban J connectivity index is 2.39. The molecule has 1 atom stereocenters. The second-order valence-corrected chi connectivity index (χ2v) is 4.79. The van der Waals surface area contributed by atoms with E-state index in [2.05, 4.69) is 0 Å². The molecule has 1 aliphatic heterocycles. The minimum Gasteiger partial charge on any atom is -0.368 e. The number of hydrogen-bond donors (Lipinski definition) is 1. The van der Waals surface area contributed by atoms with Crippen LogP contribution in [0.2, 0.25) is 0 Å². The van der Waals surface area contributed by atoms with Crippen LogP contribution in [0.3, 0.4) is 0 Å². The van der Waals surface area contributed by atoms with Crippen LogP contribution in [-0.4, -0.2) is 24.8 Å². The first-order chi connectivity index (χ1) is 8.63. The van der Waals surface area contributed by atoms with Gasteiger partial charge in [0.1, 0.15) is 6.04 Å². The fraction of sp³-hybridized carbons (Fsp3) is 0.429. The lowest BCUT2D eigenvalue weighted by Crippen LogP contribution is -2.48. The summed E-state index contributed by atoms with van der Waals surface area (Å²) in [6.45, 7) is 2.72. The van der Waals surface area contributed by atoms with Gasteiger partial charge in [-0.25, -0.2) is 0 Å². The molecule has 4 heteroatoms. The summed E-state index contributed by atoms with van der Waals surface area (Å²) in [7, 11) is 0. The molecule has 1 fully saturated rings. The molecule has 4 nitrogen and oxygen atoms in total. The second-order valence-electron chi connectivity index (χ2n) is 4.79. The number of carbonyl (C=O) groups is 2. The van der Waals surface area contributed by atoms with E-state index in [1.165, 1.54) is 0 Å². The zero-order chi connectivity index (χ0) is 13.1. The summed E-state index contributed by atoms with van der Waals surface area (Å²) in [5.41, 5.74) is 7.93. The average molecular weight is 246 g/mol. The maximum atomic E-state index is 11.5. The van der Waals surface area contributed by atoms with E-state index in [1.54, 1.807) is 0 Å². The highest BCUT2D eigenvalue weighted by Crippen LogP contribution is 2.27. The fourth-order valence-corrected chi connectivity index (χ4v) is 2.55. The van der Waals surface area contributed by atoms with E-state index in [0.717, 1.165) is 43.3 Å². The van der Waals surface area contributed by atoms with Crippen LogP contribution in [-0.2, 0) is 4.79 Å². The van der Waals surface area contributed by atoms with Gasteiger partial charge in [0, 0.05) is 17.8 Å². The van der Waals surface area contributed by atoms with Crippen LogP contribution in [0.1, 0.15) is 35.2 Å². The quantitative estimate of drug-likeness (QED) is 0.825. The SMILES string of the molecule is Cc1ccc(N2CCCCC2C(N)=O)c(C=O)c1. The average Bonchev–Trinajstić information content (AvgIpc) is 2.38. The van der Waals surface area contributed by atoms with Gasteiger partial charge in [0.2, 0.25) is 5.91 Å². The predicted octanol–water partition coefficient (Wildman–Crippen LogP) is 1.65. The van der Waals surface area contributed by atoms with Gasteiger partial charge in [-0.1, -0.05) is 11.6 Å². The standard InChI is InChI=1S/C14H18N2O2/c1-10-5-6-12(11(8-10)9-17)16-7-3-2-4-13(16)14(15)18/h5-6,8-9,13H,2-4,7H2,1H3,(H2,15,18).